The molecule has 0 saturated heterocycles. The maximum absolute atomic E-state index is 14.5. The molecule has 1 fully saturated rings. The van der Waals surface area contributed by atoms with Crippen molar-refractivity contribution in [2.45, 2.75) is 55.3 Å². The van der Waals surface area contributed by atoms with Gasteiger partial charge in [0.15, 0.2) is 0 Å². The first kappa shape index (κ1) is 24.5. The molecule has 0 unspecified atom stereocenters. The third-order valence-electron chi connectivity index (χ3n) is 4.93. The van der Waals surface area contributed by atoms with Gasteiger partial charge in [-0.05, 0) is 50.3 Å². The molecule has 30 heavy (non-hydrogen) atoms. The number of hydrogen-bond donors (Lipinski definition) is 2. The van der Waals surface area contributed by atoms with Crippen LogP contribution < -0.4 is 9.44 Å². The Morgan fingerprint density at radius 1 is 1.13 bits per heavy atom. The van der Waals surface area contributed by atoms with Gasteiger partial charge in [-0.25, -0.2) is 30.3 Å². The van der Waals surface area contributed by atoms with Crippen molar-refractivity contribution >= 4 is 20.0 Å². The van der Waals surface area contributed by atoms with Crippen LogP contribution in [0.3, 0.4) is 0 Å². The van der Waals surface area contributed by atoms with Crippen LogP contribution in [-0.4, -0.2) is 28.4 Å². The van der Waals surface area contributed by atoms with Gasteiger partial charge >= 0.3 is 15.5 Å². The molecule has 0 spiro atoms. The van der Waals surface area contributed by atoms with E-state index in [0.29, 0.717) is 6.42 Å². The SMILES string of the molecule is CC/C=C/NS(=O)(=O)[C@]1(c2cc(F)ccc2F)CC[C@H](NS(=O)(=O)C(F)(F)F)CC1. The van der Waals surface area contributed by atoms with Gasteiger partial charge in [0.1, 0.15) is 16.4 Å². The summed E-state index contributed by atoms with van der Waals surface area (Å²) in [7, 11) is -9.98. The summed E-state index contributed by atoms with van der Waals surface area (Å²) in [6.07, 6.45) is 1.60. The first-order valence-electron chi connectivity index (χ1n) is 8.97. The summed E-state index contributed by atoms with van der Waals surface area (Å²) < 4.78 is 117. The fraction of sp³-hybridized carbons (Fsp3) is 0.529. The normalized spacial score (nSPS) is 23.6. The smallest absolute Gasteiger partial charge is 0.290 e. The van der Waals surface area contributed by atoms with Crippen molar-refractivity contribution in [3.05, 3.63) is 47.7 Å². The van der Waals surface area contributed by atoms with Crippen LogP contribution in [-0.2, 0) is 24.8 Å². The molecule has 13 heteroatoms. The molecule has 0 heterocycles. The minimum absolute atomic E-state index is 0.330. The van der Waals surface area contributed by atoms with Crippen LogP contribution in [0.2, 0.25) is 0 Å². The maximum atomic E-state index is 14.5. The second-order valence-corrected chi connectivity index (χ2v) is 10.6. The summed E-state index contributed by atoms with van der Waals surface area (Å²) in [5, 5.41) is 0. The molecule has 1 aliphatic rings. The van der Waals surface area contributed by atoms with Crippen molar-refractivity contribution in [2.75, 3.05) is 0 Å². The van der Waals surface area contributed by atoms with E-state index >= 15 is 0 Å². The highest BCUT2D eigenvalue weighted by Gasteiger charge is 2.52. The zero-order valence-corrected chi connectivity index (χ0v) is 17.5. The van der Waals surface area contributed by atoms with E-state index in [1.54, 1.807) is 6.92 Å². The molecule has 0 atom stereocenters. The number of sulfonamides is 2. The van der Waals surface area contributed by atoms with Gasteiger partial charge in [-0.2, -0.15) is 13.2 Å². The lowest BCUT2D eigenvalue weighted by molar-refractivity contribution is -0.0452. The van der Waals surface area contributed by atoms with E-state index < -0.39 is 66.4 Å². The third kappa shape index (κ3) is 4.94. The Balaban J connectivity index is 2.41. The molecule has 6 nitrogen and oxygen atoms in total. The molecule has 1 saturated carbocycles. The first-order chi connectivity index (χ1) is 13.8. The Hall–Kier alpha value is -1.73. The average Bonchev–Trinajstić information content (AvgIpc) is 2.63. The first-order valence-corrected chi connectivity index (χ1v) is 11.9. The van der Waals surface area contributed by atoms with Crippen molar-refractivity contribution < 1.29 is 38.8 Å². The van der Waals surface area contributed by atoms with Crippen LogP contribution in [0.1, 0.15) is 44.6 Å². The fourth-order valence-corrected chi connectivity index (χ4v) is 5.91. The molecule has 1 aromatic rings. The molecule has 1 aliphatic carbocycles. The van der Waals surface area contributed by atoms with Crippen molar-refractivity contribution in [1.29, 1.82) is 0 Å². The zero-order chi connectivity index (χ0) is 22.8. The molecule has 0 aromatic heterocycles. The molecule has 2 N–H and O–H groups in total. The van der Waals surface area contributed by atoms with Gasteiger partial charge in [0.25, 0.3) is 0 Å². The number of rotatable bonds is 7. The molecule has 0 bridgehead atoms. The van der Waals surface area contributed by atoms with E-state index in [2.05, 4.69) is 4.72 Å². The monoisotopic (exact) mass is 476 g/mol. The zero-order valence-electron chi connectivity index (χ0n) is 15.8. The lowest BCUT2D eigenvalue weighted by Gasteiger charge is -2.39. The molecular weight excluding hydrogens is 455 g/mol. The van der Waals surface area contributed by atoms with E-state index in [0.717, 1.165) is 24.4 Å². The summed E-state index contributed by atoms with van der Waals surface area (Å²) in [5.74, 6) is -1.87. The molecule has 1 aromatic carbocycles. The van der Waals surface area contributed by atoms with E-state index in [9.17, 15) is 38.8 Å². The van der Waals surface area contributed by atoms with Gasteiger partial charge < -0.3 is 0 Å². The van der Waals surface area contributed by atoms with E-state index in [1.807, 2.05) is 0 Å². The number of alkyl halides is 3. The third-order valence-corrected chi connectivity index (χ3v) is 8.29. The largest absolute Gasteiger partial charge is 0.511 e. The Kier molecular flexibility index (Phi) is 7.19. The topological polar surface area (TPSA) is 92.3 Å². The molecule has 2 rings (SSSR count). The van der Waals surface area contributed by atoms with Crippen molar-refractivity contribution in [3.8, 4) is 0 Å². The Morgan fingerprint density at radius 2 is 1.73 bits per heavy atom. The van der Waals surface area contributed by atoms with Gasteiger partial charge in [0.2, 0.25) is 10.0 Å². The summed E-state index contributed by atoms with van der Waals surface area (Å²) >= 11 is 0. The van der Waals surface area contributed by atoms with Crippen molar-refractivity contribution in [3.63, 3.8) is 0 Å². The number of halogens is 5. The Morgan fingerprint density at radius 3 is 2.27 bits per heavy atom. The van der Waals surface area contributed by atoms with Crippen LogP contribution >= 0.6 is 0 Å². The molecule has 0 amide bonds. The van der Waals surface area contributed by atoms with Gasteiger partial charge in [-0.1, -0.05) is 13.0 Å². The van der Waals surface area contributed by atoms with Crippen LogP contribution in [0.25, 0.3) is 0 Å². The van der Waals surface area contributed by atoms with Gasteiger partial charge in [-0.15, -0.1) is 0 Å². The second kappa shape index (κ2) is 8.79. The standard InChI is InChI=1S/C17H21F5N2O4S2/c1-2-3-10-23-29(25,26)16(14-11-12(18)4-5-15(14)19)8-6-13(7-9-16)24-30(27,28)17(20,21)22/h3-5,10-11,13,23-24H,2,6-9H2,1H3/b10-3+/t13-,16+. The average molecular weight is 476 g/mol. The van der Waals surface area contributed by atoms with Crippen LogP contribution in [0, 0.1) is 11.6 Å². The molecule has 170 valence electrons. The Bertz CT molecular complexity index is 999. The van der Waals surface area contributed by atoms with Crippen LogP contribution in [0.4, 0.5) is 22.0 Å². The van der Waals surface area contributed by atoms with Gasteiger partial charge in [-0.3, -0.25) is 4.72 Å². The summed E-state index contributed by atoms with van der Waals surface area (Å²) in [6, 6.07) is 1.11. The predicted octanol–water partition coefficient (Wildman–Crippen LogP) is 3.39. The number of allylic oxidation sites excluding steroid dienone is 1. The predicted molar refractivity (Wildman–Crippen MR) is 99.9 cm³/mol. The van der Waals surface area contributed by atoms with E-state index in [4.69, 9.17) is 0 Å². The summed E-state index contributed by atoms with van der Waals surface area (Å²) in [6.45, 7) is 1.74. The van der Waals surface area contributed by atoms with Gasteiger partial charge in [0.05, 0.1) is 0 Å². The number of hydrogen-bond acceptors (Lipinski definition) is 4. The highest BCUT2D eigenvalue weighted by molar-refractivity contribution is 7.90. The highest BCUT2D eigenvalue weighted by atomic mass is 32.2. The van der Waals surface area contributed by atoms with Crippen molar-refractivity contribution in [2.24, 2.45) is 0 Å². The lowest BCUT2D eigenvalue weighted by Crippen LogP contribution is -2.50. The summed E-state index contributed by atoms with van der Waals surface area (Å²) in [5.41, 5.74) is -5.98. The number of benzene rings is 1. The van der Waals surface area contributed by atoms with Crippen molar-refractivity contribution in [1.82, 2.24) is 9.44 Å². The molecule has 0 radical (unpaired) electrons. The quantitative estimate of drug-likeness (QED) is 0.591. The number of nitrogens with one attached hydrogen (secondary N) is 2. The fourth-order valence-electron chi connectivity index (χ4n) is 3.39. The second-order valence-electron chi connectivity index (χ2n) is 6.89. The van der Waals surface area contributed by atoms with Crippen LogP contribution in [0.15, 0.2) is 30.5 Å². The van der Waals surface area contributed by atoms with E-state index in [1.165, 1.54) is 10.8 Å². The Labute approximate surface area is 171 Å². The molecule has 0 aliphatic heterocycles. The lowest BCUT2D eigenvalue weighted by atomic mass is 9.81. The minimum atomic E-state index is -5.63. The van der Waals surface area contributed by atoms with Crippen LogP contribution in [0.5, 0.6) is 0 Å². The van der Waals surface area contributed by atoms with E-state index in [-0.39, 0.29) is 12.8 Å². The molecular formula is C17H21F5N2O4S2. The highest BCUT2D eigenvalue weighted by Crippen LogP contribution is 2.45. The summed E-state index contributed by atoms with van der Waals surface area (Å²) in [4.78, 5) is 0. The van der Waals surface area contributed by atoms with Gasteiger partial charge in [0, 0.05) is 17.8 Å². The minimum Gasteiger partial charge on any atom is -0.290 e. The maximum Gasteiger partial charge on any atom is 0.511 e.